The molecular weight excluding hydrogens is 560 g/mol. The molecule has 0 spiro atoms. The second kappa shape index (κ2) is 12.7. The lowest BCUT2D eigenvalue weighted by Crippen LogP contribution is -2.58. The molecule has 11 nitrogen and oxygen atoms in total. The maximum absolute atomic E-state index is 14.0. The number of aryl methyl sites for hydroxylation is 1. The minimum atomic E-state index is -0.539. The van der Waals surface area contributed by atoms with Crippen molar-refractivity contribution in [2.75, 3.05) is 46.2 Å². The fourth-order valence-corrected chi connectivity index (χ4v) is 5.69. The number of benzene rings is 1. The number of hydrogen-bond acceptors (Lipinski definition) is 9. The standard InChI is InChI=1S/C30H41ClN6O5/c1-18-16-35(29(39)42-30(3,4)5)17-19(2)36(18)10-9-11-37-26-20(15-33-28(32-6)34-26)12-23(27(37)38)22-13-21(40-7)14-24(41-8)25(22)31/h12-15,18-19H,9-11,16-17H2,1-8H3,(H,32,33,34). The molecule has 42 heavy (non-hydrogen) atoms. The average molecular weight is 601 g/mol. The van der Waals surface area contributed by atoms with Gasteiger partial charge < -0.3 is 24.4 Å². The van der Waals surface area contributed by atoms with Gasteiger partial charge in [0.2, 0.25) is 5.95 Å². The van der Waals surface area contributed by atoms with Crippen LogP contribution in [0, 0.1) is 0 Å². The zero-order valence-corrected chi connectivity index (χ0v) is 26.4. The number of nitrogens with zero attached hydrogens (tertiary/aromatic N) is 5. The summed E-state index contributed by atoms with van der Waals surface area (Å²) in [5.74, 6) is 1.35. The predicted octanol–water partition coefficient (Wildman–Crippen LogP) is 4.89. The second-order valence-electron chi connectivity index (χ2n) is 11.6. The molecule has 1 N–H and O–H groups in total. The lowest BCUT2D eigenvalue weighted by molar-refractivity contribution is -0.00793. The Morgan fingerprint density at radius 1 is 1.07 bits per heavy atom. The van der Waals surface area contributed by atoms with Crippen LogP contribution in [0.3, 0.4) is 0 Å². The van der Waals surface area contributed by atoms with Crippen LogP contribution in [-0.4, -0.2) is 89.0 Å². The van der Waals surface area contributed by atoms with Crippen molar-refractivity contribution in [2.45, 2.75) is 65.3 Å². The van der Waals surface area contributed by atoms with Crippen LogP contribution >= 0.6 is 11.6 Å². The van der Waals surface area contributed by atoms with Crippen LogP contribution in [0.2, 0.25) is 5.02 Å². The second-order valence-corrected chi connectivity index (χ2v) is 12.0. The summed E-state index contributed by atoms with van der Waals surface area (Å²) < 4.78 is 18.2. The summed E-state index contributed by atoms with van der Waals surface area (Å²) in [6.07, 6.45) is 2.09. The Morgan fingerprint density at radius 2 is 1.76 bits per heavy atom. The van der Waals surface area contributed by atoms with Gasteiger partial charge in [-0.05, 0) is 53.2 Å². The highest BCUT2D eigenvalue weighted by atomic mass is 35.5. The van der Waals surface area contributed by atoms with E-state index in [0.29, 0.717) is 70.7 Å². The van der Waals surface area contributed by atoms with Gasteiger partial charge in [-0.1, -0.05) is 11.6 Å². The van der Waals surface area contributed by atoms with E-state index in [4.69, 9.17) is 25.8 Å². The summed E-state index contributed by atoms with van der Waals surface area (Å²) in [6, 6.07) is 5.42. The Labute approximate surface area is 251 Å². The molecule has 3 aromatic rings. The first kappa shape index (κ1) is 31.4. The summed E-state index contributed by atoms with van der Waals surface area (Å²) in [4.78, 5) is 39.9. The number of anilines is 1. The third kappa shape index (κ3) is 6.73. The number of amides is 1. The molecule has 4 rings (SSSR count). The normalized spacial score (nSPS) is 17.8. The molecule has 1 aliphatic heterocycles. The van der Waals surface area contributed by atoms with Gasteiger partial charge in [-0.3, -0.25) is 14.3 Å². The maximum atomic E-state index is 14.0. The van der Waals surface area contributed by atoms with Gasteiger partial charge in [0.1, 0.15) is 22.7 Å². The van der Waals surface area contributed by atoms with Crippen molar-refractivity contribution in [1.29, 1.82) is 0 Å². The first-order valence-corrected chi connectivity index (χ1v) is 14.5. The number of nitrogens with one attached hydrogen (secondary N) is 1. The molecule has 0 radical (unpaired) electrons. The molecule has 2 atom stereocenters. The molecule has 0 aliphatic carbocycles. The van der Waals surface area contributed by atoms with Crippen LogP contribution < -0.4 is 20.3 Å². The van der Waals surface area contributed by atoms with Crippen LogP contribution in [0.25, 0.3) is 22.2 Å². The number of carbonyl (C=O) groups is 1. The summed E-state index contributed by atoms with van der Waals surface area (Å²) in [6.45, 7) is 12.2. The molecular formula is C30H41ClN6O5. The van der Waals surface area contributed by atoms with Crippen LogP contribution in [-0.2, 0) is 11.3 Å². The van der Waals surface area contributed by atoms with E-state index in [1.165, 1.54) is 7.11 Å². The van der Waals surface area contributed by atoms with Gasteiger partial charge in [0.25, 0.3) is 5.56 Å². The van der Waals surface area contributed by atoms with Crippen LogP contribution in [0.1, 0.15) is 41.0 Å². The van der Waals surface area contributed by atoms with E-state index < -0.39 is 5.60 Å². The van der Waals surface area contributed by atoms with E-state index in [1.807, 2.05) is 20.8 Å². The minimum Gasteiger partial charge on any atom is -0.497 e. The van der Waals surface area contributed by atoms with Crippen molar-refractivity contribution in [3.05, 3.63) is 39.8 Å². The minimum absolute atomic E-state index is 0.127. The molecule has 2 unspecified atom stereocenters. The predicted molar refractivity (Wildman–Crippen MR) is 165 cm³/mol. The zero-order chi connectivity index (χ0) is 30.8. The van der Waals surface area contributed by atoms with Crippen LogP contribution in [0.5, 0.6) is 11.5 Å². The van der Waals surface area contributed by atoms with Gasteiger partial charge in [0, 0.05) is 74.1 Å². The molecule has 3 heterocycles. The molecule has 228 valence electrons. The molecule has 12 heteroatoms. The molecule has 1 saturated heterocycles. The van der Waals surface area contributed by atoms with Crippen LogP contribution in [0.15, 0.2) is 29.2 Å². The van der Waals surface area contributed by atoms with Crippen molar-refractivity contribution in [3.63, 3.8) is 0 Å². The van der Waals surface area contributed by atoms with E-state index >= 15 is 0 Å². The number of piperazine rings is 1. The van der Waals surface area contributed by atoms with Gasteiger partial charge in [-0.25, -0.2) is 9.78 Å². The number of halogens is 1. The summed E-state index contributed by atoms with van der Waals surface area (Å²) >= 11 is 6.69. The molecule has 1 aromatic carbocycles. The molecule has 1 amide bonds. The fraction of sp³-hybridized carbons (Fsp3) is 0.533. The third-order valence-corrected chi connectivity index (χ3v) is 7.75. The van der Waals surface area contributed by atoms with E-state index in [9.17, 15) is 9.59 Å². The van der Waals surface area contributed by atoms with Crippen molar-refractivity contribution >= 4 is 34.7 Å². The number of methoxy groups -OCH3 is 2. The Kier molecular flexibility index (Phi) is 9.52. The van der Waals surface area contributed by atoms with Crippen molar-refractivity contribution < 1.29 is 19.0 Å². The van der Waals surface area contributed by atoms with Crippen molar-refractivity contribution in [2.24, 2.45) is 0 Å². The van der Waals surface area contributed by atoms with Gasteiger partial charge in [-0.15, -0.1) is 0 Å². The van der Waals surface area contributed by atoms with Gasteiger partial charge in [-0.2, -0.15) is 4.98 Å². The highest BCUT2D eigenvalue weighted by molar-refractivity contribution is 6.35. The van der Waals surface area contributed by atoms with E-state index in [1.54, 1.807) is 48.0 Å². The number of ether oxygens (including phenoxy) is 3. The van der Waals surface area contributed by atoms with Gasteiger partial charge in [0.15, 0.2) is 0 Å². The number of pyridine rings is 1. The number of carbonyl (C=O) groups excluding carboxylic acids is 1. The molecule has 1 fully saturated rings. The Morgan fingerprint density at radius 3 is 2.36 bits per heavy atom. The van der Waals surface area contributed by atoms with E-state index in [0.717, 1.165) is 6.54 Å². The quantitative estimate of drug-likeness (QED) is 0.386. The van der Waals surface area contributed by atoms with Crippen molar-refractivity contribution in [3.8, 4) is 22.6 Å². The highest BCUT2D eigenvalue weighted by Gasteiger charge is 2.33. The van der Waals surface area contributed by atoms with E-state index in [-0.39, 0.29) is 23.7 Å². The highest BCUT2D eigenvalue weighted by Crippen LogP contribution is 2.38. The topological polar surface area (TPSA) is 111 Å². The van der Waals surface area contributed by atoms with Gasteiger partial charge >= 0.3 is 6.09 Å². The van der Waals surface area contributed by atoms with Crippen molar-refractivity contribution in [1.82, 2.24) is 24.3 Å². The summed E-state index contributed by atoms with van der Waals surface area (Å²) in [5.41, 5.74) is 0.675. The molecule has 2 aromatic heterocycles. The zero-order valence-electron chi connectivity index (χ0n) is 25.7. The molecule has 0 saturated carbocycles. The summed E-state index contributed by atoms with van der Waals surface area (Å²) in [7, 11) is 4.80. The third-order valence-electron chi connectivity index (χ3n) is 7.36. The monoisotopic (exact) mass is 600 g/mol. The van der Waals surface area contributed by atoms with E-state index in [2.05, 4.69) is 34.0 Å². The SMILES string of the molecule is CNc1ncc2cc(-c3cc(OC)cc(OC)c3Cl)c(=O)n(CCCN3C(C)CN(C(=O)OC(C)(C)C)CC3C)c2n1. The number of rotatable bonds is 8. The smallest absolute Gasteiger partial charge is 0.410 e. The molecule has 1 aliphatic rings. The number of fused-ring (bicyclic) bond motifs is 1. The molecule has 0 bridgehead atoms. The maximum Gasteiger partial charge on any atom is 0.410 e. The number of hydrogen-bond donors (Lipinski definition) is 1. The lowest BCUT2D eigenvalue weighted by Gasteiger charge is -2.44. The van der Waals surface area contributed by atoms with Gasteiger partial charge in [0.05, 0.1) is 19.2 Å². The first-order valence-electron chi connectivity index (χ1n) is 14.1. The Balaban J connectivity index is 1.63. The number of aromatic nitrogens is 3. The van der Waals surface area contributed by atoms with Crippen LogP contribution in [0.4, 0.5) is 10.7 Å². The Hall–Kier alpha value is -3.57. The average Bonchev–Trinajstić information content (AvgIpc) is 2.94. The lowest BCUT2D eigenvalue weighted by atomic mass is 10.0. The fourth-order valence-electron chi connectivity index (χ4n) is 5.40. The largest absolute Gasteiger partial charge is 0.497 e. The Bertz CT molecular complexity index is 1490. The first-order chi connectivity index (χ1) is 19.9. The summed E-state index contributed by atoms with van der Waals surface area (Å²) in [5, 5.41) is 3.98.